The van der Waals surface area contributed by atoms with E-state index in [2.05, 4.69) is 6.07 Å². The Bertz CT molecular complexity index is 405. The first kappa shape index (κ1) is 9.15. The minimum absolute atomic E-state index is 0.151. The van der Waals surface area contributed by atoms with Crippen molar-refractivity contribution in [3.8, 4) is 10.8 Å². The second-order valence-corrected chi connectivity index (χ2v) is 3.45. The molecule has 0 aliphatic heterocycles. The molecule has 0 aliphatic rings. The number of thiophene rings is 1. The summed E-state index contributed by atoms with van der Waals surface area (Å²) in [5.41, 5.74) is 0. The summed E-state index contributed by atoms with van der Waals surface area (Å²) in [7, 11) is 0. The average molecular weight is 211 g/mol. The van der Waals surface area contributed by atoms with E-state index >= 15 is 0 Å². The molecule has 0 fully saturated rings. The van der Waals surface area contributed by atoms with Gasteiger partial charge in [-0.25, -0.2) is 8.78 Å². The second-order valence-electron chi connectivity index (χ2n) is 2.57. The molecule has 14 heavy (non-hydrogen) atoms. The van der Waals surface area contributed by atoms with E-state index in [1.165, 1.54) is 11.3 Å². The maximum absolute atomic E-state index is 12.7. The molecule has 4 heteroatoms. The van der Waals surface area contributed by atoms with Crippen LogP contribution in [0.2, 0.25) is 0 Å². The molecule has 1 aromatic carbocycles. The van der Waals surface area contributed by atoms with Crippen LogP contribution in [0.5, 0.6) is 10.8 Å². The first-order valence-electron chi connectivity index (χ1n) is 3.82. The van der Waals surface area contributed by atoms with Crippen LogP contribution in [0.4, 0.5) is 8.78 Å². The Labute approximate surface area is 83.6 Å². The van der Waals surface area contributed by atoms with Crippen LogP contribution >= 0.6 is 11.3 Å². The first-order chi connectivity index (χ1) is 6.74. The van der Waals surface area contributed by atoms with Crippen molar-refractivity contribution in [2.24, 2.45) is 0 Å². The highest BCUT2D eigenvalue weighted by molar-refractivity contribution is 7.11. The Morgan fingerprint density at radius 2 is 1.86 bits per heavy atom. The minimum atomic E-state index is -0.652. The van der Waals surface area contributed by atoms with Crippen LogP contribution in [0, 0.1) is 17.7 Å². The summed E-state index contributed by atoms with van der Waals surface area (Å²) in [6.45, 7) is 0. The standard InChI is InChI=1S/C10H5F2OS/c11-7-4-8(12)6-9(5-7)13-10-2-1-3-14-10/h2-6H. The highest BCUT2D eigenvalue weighted by Crippen LogP contribution is 2.26. The van der Waals surface area contributed by atoms with Crippen LogP contribution in [-0.2, 0) is 0 Å². The summed E-state index contributed by atoms with van der Waals surface area (Å²) in [4.78, 5) is 0. The highest BCUT2D eigenvalue weighted by Gasteiger charge is 2.02. The van der Waals surface area contributed by atoms with Crippen LogP contribution < -0.4 is 4.74 Å². The Kier molecular flexibility index (Phi) is 2.45. The lowest BCUT2D eigenvalue weighted by molar-refractivity contribution is 0.480. The molecule has 1 radical (unpaired) electrons. The van der Waals surface area contributed by atoms with Crippen molar-refractivity contribution < 1.29 is 13.5 Å². The third-order valence-electron chi connectivity index (χ3n) is 1.50. The molecule has 0 spiro atoms. The molecule has 0 atom stereocenters. The molecule has 2 aromatic rings. The predicted molar refractivity (Wildman–Crippen MR) is 49.6 cm³/mol. The van der Waals surface area contributed by atoms with Gasteiger partial charge in [0.15, 0.2) is 5.06 Å². The zero-order valence-electron chi connectivity index (χ0n) is 6.96. The van der Waals surface area contributed by atoms with Gasteiger partial charge in [-0.3, -0.25) is 0 Å². The van der Waals surface area contributed by atoms with Gasteiger partial charge in [-0.05, 0) is 6.07 Å². The zero-order chi connectivity index (χ0) is 9.97. The first-order valence-corrected chi connectivity index (χ1v) is 4.70. The van der Waals surface area contributed by atoms with E-state index < -0.39 is 11.6 Å². The summed E-state index contributed by atoms with van der Waals surface area (Å²) in [6.07, 6.45) is 0. The molecule has 0 saturated carbocycles. The van der Waals surface area contributed by atoms with Crippen molar-refractivity contribution >= 4 is 11.3 Å². The lowest BCUT2D eigenvalue weighted by Gasteiger charge is -2.02. The molecular weight excluding hydrogens is 206 g/mol. The number of halogens is 2. The monoisotopic (exact) mass is 211 g/mol. The zero-order valence-corrected chi connectivity index (χ0v) is 7.78. The molecular formula is C10H5F2OS. The van der Waals surface area contributed by atoms with Gasteiger partial charge in [-0.1, -0.05) is 0 Å². The van der Waals surface area contributed by atoms with Gasteiger partial charge in [0.2, 0.25) is 0 Å². The molecule has 0 amide bonds. The smallest absolute Gasteiger partial charge is 0.181 e. The van der Waals surface area contributed by atoms with E-state index in [0.717, 1.165) is 18.2 Å². The fourth-order valence-corrected chi connectivity index (χ4v) is 1.52. The number of ether oxygens (including phenoxy) is 1. The quantitative estimate of drug-likeness (QED) is 0.737. The summed E-state index contributed by atoms with van der Waals surface area (Å²) < 4.78 is 30.7. The van der Waals surface area contributed by atoms with Crippen molar-refractivity contribution in [1.29, 1.82) is 0 Å². The van der Waals surface area contributed by atoms with Crippen LogP contribution in [0.25, 0.3) is 0 Å². The number of hydrogen-bond donors (Lipinski definition) is 0. The van der Waals surface area contributed by atoms with E-state index in [0.29, 0.717) is 5.06 Å². The molecule has 1 heterocycles. The van der Waals surface area contributed by atoms with Crippen molar-refractivity contribution in [1.82, 2.24) is 0 Å². The van der Waals surface area contributed by atoms with Crippen molar-refractivity contribution in [3.63, 3.8) is 0 Å². The lowest BCUT2D eigenvalue weighted by atomic mass is 10.3. The fraction of sp³-hybridized carbons (Fsp3) is 0. The van der Waals surface area contributed by atoms with Crippen molar-refractivity contribution in [2.75, 3.05) is 0 Å². The van der Waals surface area contributed by atoms with Crippen LogP contribution in [0.15, 0.2) is 29.6 Å². The summed E-state index contributed by atoms with van der Waals surface area (Å²) in [5, 5.41) is 2.25. The Morgan fingerprint density at radius 3 is 2.43 bits per heavy atom. The Hall–Kier alpha value is -1.42. The molecule has 1 aromatic heterocycles. The van der Waals surface area contributed by atoms with Gasteiger partial charge in [0.05, 0.1) is 0 Å². The number of rotatable bonds is 2. The molecule has 0 aliphatic carbocycles. The maximum atomic E-state index is 12.7. The molecule has 0 unspecified atom stereocenters. The van der Waals surface area contributed by atoms with Gasteiger partial charge < -0.3 is 4.74 Å². The van der Waals surface area contributed by atoms with E-state index in [-0.39, 0.29) is 5.75 Å². The third-order valence-corrected chi connectivity index (χ3v) is 2.19. The summed E-state index contributed by atoms with van der Waals surface area (Å²) in [5.74, 6) is -1.15. The van der Waals surface area contributed by atoms with Gasteiger partial charge in [0.1, 0.15) is 17.4 Å². The van der Waals surface area contributed by atoms with E-state index in [1.54, 1.807) is 11.4 Å². The van der Waals surface area contributed by atoms with Gasteiger partial charge in [0, 0.05) is 29.6 Å². The van der Waals surface area contributed by atoms with E-state index in [1.807, 2.05) is 0 Å². The van der Waals surface area contributed by atoms with E-state index in [4.69, 9.17) is 4.74 Å². The van der Waals surface area contributed by atoms with Crippen molar-refractivity contribution in [2.45, 2.75) is 0 Å². The molecule has 71 valence electrons. The second kappa shape index (κ2) is 3.75. The van der Waals surface area contributed by atoms with Gasteiger partial charge >= 0.3 is 0 Å². The molecule has 0 bridgehead atoms. The summed E-state index contributed by atoms with van der Waals surface area (Å²) >= 11 is 1.31. The minimum Gasteiger partial charge on any atom is -0.446 e. The predicted octanol–water partition coefficient (Wildman–Crippen LogP) is 3.62. The van der Waals surface area contributed by atoms with Gasteiger partial charge in [0.25, 0.3) is 0 Å². The Morgan fingerprint density at radius 1 is 1.14 bits per heavy atom. The number of hydrogen-bond acceptors (Lipinski definition) is 2. The van der Waals surface area contributed by atoms with E-state index in [9.17, 15) is 8.78 Å². The number of benzene rings is 1. The SMILES string of the molecule is Fc1cc(F)cc(Oc2c[c]cs2)c1. The average Bonchev–Trinajstić information content (AvgIpc) is 2.54. The van der Waals surface area contributed by atoms with Crippen LogP contribution in [0.3, 0.4) is 0 Å². The van der Waals surface area contributed by atoms with Crippen LogP contribution in [-0.4, -0.2) is 0 Å². The molecule has 1 nitrogen and oxygen atoms in total. The van der Waals surface area contributed by atoms with Crippen molar-refractivity contribution in [3.05, 3.63) is 47.3 Å². The largest absolute Gasteiger partial charge is 0.446 e. The Balaban J connectivity index is 2.25. The molecule has 2 rings (SSSR count). The molecule has 0 N–H and O–H groups in total. The van der Waals surface area contributed by atoms with Gasteiger partial charge in [-0.2, -0.15) is 0 Å². The lowest BCUT2D eigenvalue weighted by Crippen LogP contribution is -1.85. The highest BCUT2D eigenvalue weighted by atomic mass is 32.1. The van der Waals surface area contributed by atoms with Gasteiger partial charge in [-0.15, -0.1) is 11.3 Å². The third kappa shape index (κ3) is 2.09. The topological polar surface area (TPSA) is 9.23 Å². The summed E-state index contributed by atoms with van der Waals surface area (Å²) in [6, 6.07) is 7.44. The van der Waals surface area contributed by atoms with Crippen LogP contribution in [0.1, 0.15) is 0 Å². The fourth-order valence-electron chi connectivity index (χ4n) is 0.985. The molecule has 0 saturated heterocycles. The maximum Gasteiger partial charge on any atom is 0.181 e. The normalized spacial score (nSPS) is 10.1.